The number of hydrogen-bond donors (Lipinski definition) is 9. The summed E-state index contributed by atoms with van der Waals surface area (Å²) in [5.74, 6) is 9.22. The highest BCUT2D eigenvalue weighted by Gasteiger charge is 2.52. The van der Waals surface area contributed by atoms with E-state index in [1.54, 1.807) is 18.2 Å². The average molecular weight is 985 g/mol. The molecule has 3 fully saturated rings. The summed E-state index contributed by atoms with van der Waals surface area (Å²) in [6.07, 6.45) is 6.68. The SMILES string of the molecule is COc1cc(CC2C(O)CSSC(CCO)c3cc(O)c(OC4CCC5CNCCC#CC6(CC(C)CCC6CCC(O)C6CNC(=O)C6)C5C4)cc3CCC(OCO)CC2O)cc(OC)c1O. The number of carbonyl (C=O) groups is 1. The lowest BCUT2D eigenvalue weighted by molar-refractivity contribution is -0.119. The van der Waals surface area contributed by atoms with Gasteiger partial charge in [0.15, 0.2) is 23.0 Å². The van der Waals surface area contributed by atoms with E-state index >= 15 is 0 Å². The molecule has 1 spiro atoms. The van der Waals surface area contributed by atoms with Crippen LogP contribution in [0.25, 0.3) is 0 Å². The molecule has 2 aliphatic carbocycles. The van der Waals surface area contributed by atoms with Gasteiger partial charge in [-0.3, -0.25) is 4.79 Å². The Kier molecular flexibility index (Phi) is 19.2. The molecule has 2 aromatic carbocycles. The number of phenolic OH excluding ortho intramolecular Hbond substituents is 2. The van der Waals surface area contributed by atoms with Crippen LogP contribution in [0.4, 0.5) is 0 Å². The predicted molar refractivity (Wildman–Crippen MR) is 264 cm³/mol. The maximum Gasteiger partial charge on any atom is 0.220 e. The molecule has 0 aromatic heterocycles. The van der Waals surface area contributed by atoms with Crippen molar-refractivity contribution in [2.45, 2.75) is 139 Å². The molecule has 0 radical (unpaired) electrons. The molecule has 2 saturated carbocycles. The first-order valence-corrected chi connectivity index (χ1v) is 27.3. The third-order valence-corrected chi connectivity index (χ3v) is 18.6. The zero-order chi connectivity index (χ0) is 48.4. The lowest BCUT2D eigenvalue weighted by Crippen LogP contribution is -2.50. The molecule has 1 amide bonds. The predicted octanol–water partition coefficient (Wildman–Crippen LogP) is 6.03. The molecule has 7 rings (SSSR count). The molecule has 3 heterocycles. The van der Waals surface area contributed by atoms with Crippen LogP contribution in [0, 0.1) is 52.8 Å². The van der Waals surface area contributed by atoms with Gasteiger partial charge in [0.1, 0.15) is 6.79 Å². The van der Waals surface area contributed by atoms with Gasteiger partial charge in [0.05, 0.1) is 44.7 Å². The van der Waals surface area contributed by atoms with E-state index in [0.29, 0.717) is 67.7 Å². The van der Waals surface area contributed by atoms with E-state index in [4.69, 9.17) is 18.9 Å². The third kappa shape index (κ3) is 12.9. The number of carbonyl (C=O) groups excluding carboxylic acids is 1. The van der Waals surface area contributed by atoms with E-state index in [1.807, 2.05) is 6.07 Å². The van der Waals surface area contributed by atoms with Crippen LogP contribution in [-0.4, -0.2) is 125 Å². The summed E-state index contributed by atoms with van der Waals surface area (Å²) in [5, 5.41) is 83.9. The summed E-state index contributed by atoms with van der Waals surface area (Å²) >= 11 is 0. The topological polar surface area (TPSA) is 220 Å². The van der Waals surface area contributed by atoms with Crippen molar-refractivity contribution in [1.82, 2.24) is 10.6 Å². The second kappa shape index (κ2) is 24.8. The van der Waals surface area contributed by atoms with Crippen molar-refractivity contribution < 1.29 is 59.5 Å². The second-order valence-corrected chi connectivity index (χ2v) is 22.8. The third-order valence-electron chi connectivity index (χ3n) is 15.8. The molecule has 378 valence electrons. The molecular weight excluding hydrogens is 909 g/mol. The van der Waals surface area contributed by atoms with Gasteiger partial charge < -0.3 is 65.3 Å². The Morgan fingerprint density at radius 2 is 1.72 bits per heavy atom. The van der Waals surface area contributed by atoms with Crippen LogP contribution in [0.1, 0.15) is 112 Å². The molecular formula is C52H76N2O12S2. The first-order chi connectivity index (χ1) is 32.9. The molecule has 1 saturated heterocycles. The van der Waals surface area contributed by atoms with Gasteiger partial charge in [0, 0.05) is 60.8 Å². The van der Waals surface area contributed by atoms with Crippen LogP contribution < -0.4 is 24.8 Å². The van der Waals surface area contributed by atoms with E-state index in [2.05, 4.69) is 29.4 Å². The maximum absolute atomic E-state index is 12.0. The summed E-state index contributed by atoms with van der Waals surface area (Å²) in [5.41, 5.74) is 2.19. The van der Waals surface area contributed by atoms with Gasteiger partial charge in [-0.2, -0.15) is 0 Å². The molecule has 13 atom stereocenters. The minimum Gasteiger partial charge on any atom is -0.504 e. The zero-order valence-corrected chi connectivity index (χ0v) is 41.7. The highest BCUT2D eigenvalue weighted by Crippen LogP contribution is 2.57. The van der Waals surface area contributed by atoms with Gasteiger partial charge in [0.25, 0.3) is 0 Å². The molecule has 0 bridgehead atoms. The number of phenols is 2. The number of amides is 1. The summed E-state index contributed by atoms with van der Waals surface area (Å²) < 4.78 is 23.6. The number of methoxy groups -OCH3 is 2. The van der Waals surface area contributed by atoms with Crippen molar-refractivity contribution in [2.24, 2.45) is 40.9 Å². The number of hydrogen-bond acceptors (Lipinski definition) is 15. The van der Waals surface area contributed by atoms with Crippen molar-refractivity contribution in [1.29, 1.82) is 0 Å². The number of fused-ring (bicyclic) bond motifs is 3. The summed E-state index contributed by atoms with van der Waals surface area (Å²) in [6, 6.07) is 7.02. The lowest BCUT2D eigenvalue weighted by Gasteiger charge is -2.53. The Labute approximate surface area is 410 Å². The fourth-order valence-corrected chi connectivity index (χ4v) is 15.0. The Morgan fingerprint density at radius 1 is 0.926 bits per heavy atom. The Balaban J connectivity index is 1.14. The zero-order valence-electron chi connectivity index (χ0n) is 40.1. The first kappa shape index (κ1) is 52.7. The second-order valence-electron chi connectivity index (χ2n) is 20.2. The molecule has 5 aliphatic rings. The van der Waals surface area contributed by atoms with Crippen molar-refractivity contribution >= 4 is 27.5 Å². The molecule has 9 N–H and O–H groups in total. The van der Waals surface area contributed by atoms with E-state index in [0.717, 1.165) is 75.6 Å². The molecule has 16 heteroatoms. The van der Waals surface area contributed by atoms with E-state index in [1.165, 1.54) is 35.8 Å². The van der Waals surface area contributed by atoms with Crippen molar-refractivity contribution in [3.63, 3.8) is 0 Å². The van der Waals surface area contributed by atoms with Crippen LogP contribution in [0.5, 0.6) is 28.7 Å². The van der Waals surface area contributed by atoms with Crippen LogP contribution in [-0.2, 0) is 22.4 Å². The molecule has 68 heavy (non-hydrogen) atoms. The molecule has 13 unspecified atom stereocenters. The molecule has 3 aliphatic heterocycles. The average Bonchev–Trinajstić information content (AvgIpc) is 3.80. The number of aliphatic hydroxyl groups excluding tert-OH is 5. The number of ether oxygens (including phenoxy) is 4. The minimum absolute atomic E-state index is 0.00980. The van der Waals surface area contributed by atoms with Crippen LogP contribution in [0.15, 0.2) is 24.3 Å². The summed E-state index contributed by atoms with van der Waals surface area (Å²) in [7, 11) is 5.83. The minimum atomic E-state index is -1.03. The van der Waals surface area contributed by atoms with Gasteiger partial charge >= 0.3 is 0 Å². The molecule has 14 nitrogen and oxygen atoms in total. The van der Waals surface area contributed by atoms with Crippen LogP contribution >= 0.6 is 21.6 Å². The fraction of sp³-hybridized carbons (Fsp3) is 0.712. The van der Waals surface area contributed by atoms with Crippen LogP contribution in [0.2, 0.25) is 0 Å². The van der Waals surface area contributed by atoms with Crippen molar-refractivity contribution in [2.75, 3.05) is 53.0 Å². The largest absolute Gasteiger partial charge is 0.504 e. The smallest absolute Gasteiger partial charge is 0.220 e. The fourth-order valence-electron chi connectivity index (χ4n) is 12.1. The maximum atomic E-state index is 12.0. The number of nitrogens with one attached hydrogen (secondary N) is 2. The summed E-state index contributed by atoms with van der Waals surface area (Å²) in [6.45, 7) is 3.97. The lowest BCUT2D eigenvalue weighted by atomic mass is 9.51. The van der Waals surface area contributed by atoms with Gasteiger partial charge in [-0.05, 0) is 148 Å². The molecule has 2 aromatic rings. The number of benzene rings is 2. The highest BCUT2D eigenvalue weighted by molar-refractivity contribution is 8.76. The van der Waals surface area contributed by atoms with Crippen LogP contribution in [0.3, 0.4) is 0 Å². The van der Waals surface area contributed by atoms with Crippen molar-refractivity contribution in [3.05, 3.63) is 41.0 Å². The Bertz CT molecular complexity index is 2010. The van der Waals surface area contributed by atoms with Crippen molar-refractivity contribution in [3.8, 4) is 40.6 Å². The first-order valence-electron chi connectivity index (χ1n) is 25.0. The number of rotatable bonds is 14. The Morgan fingerprint density at radius 3 is 2.44 bits per heavy atom. The Hall–Kier alpha value is -3.11. The monoisotopic (exact) mass is 984 g/mol. The van der Waals surface area contributed by atoms with Gasteiger partial charge in [-0.15, -0.1) is 5.92 Å². The quantitative estimate of drug-likeness (QED) is 0.0600. The van der Waals surface area contributed by atoms with Gasteiger partial charge in [0.2, 0.25) is 11.7 Å². The van der Waals surface area contributed by atoms with Gasteiger partial charge in [-0.25, -0.2) is 0 Å². The van der Waals surface area contributed by atoms with Gasteiger partial charge in [-0.1, -0.05) is 40.9 Å². The van der Waals surface area contributed by atoms with E-state index < -0.39 is 37.1 Å². The summed E-state index contributed by atoms with van der Waals surface area (Å²) in [4.78, 5) is 12.0. The van der Waals surface area contributed by atoms with E-state index in [-0.39, 0.29) is 82.7 Å². The number of aromatic hydroxyl groups is 2. The number of aliphatic hydroxyl groups is 5. The highest BCUT2D eigenvalue weighted by atomic mass is 33.1. The number of aryl methyl sites for hydroxylation is 1. The standard InChI is InChI=1S/C52H76N2O12S2/c1-31-6-9-36(10-13-42(57)35-22-50(61)54-28-35)52(26-31)15-4-5-16-53-27-34-8-12-38(23-41(34)52)66-46-21-33-7-11-37(65-30-56)24-43(58)40(18-32-19-47(63-2)51(62)48(20-32)64-3)45(60)29-67-68-49(14-17-55)39(33)25-44(46)59/h19-21,25,31,34-38,40-43,45,49,53,55-60,62H,5-14,16-18,22-24,26-30H2,1-3H3,(H,54,61). The van der Waals surface area contributed by atoms with E-state index in [9.17, 15) is 40.5 Å². The normalized spacial score (nSPS) is 33.1.